The van der Waals surface area contributed by atoms with Gasteiger partial charge < -0.3 is 10.8 Å². The second-order valence-corrected chi connectivity index (χ2v) is 2.60. The highest BCUT2D eigenvalue weighted by atomic mass is 19.1. The number of halogens is 1. The Bertz CT molecular complexity index is 346. The van der Waals surface area contributed by atoms with E-state index in [2.05, 4.69) is 0 Å². The van der Waals surface area contributed by atoms with Gasteiger partial charge in [0.1, 0.15) is 5.82 Å². The predicted molar refractivity (Wildman–Crippen MR) is 45.1 cm³/mol. The summed E-state index contributed by atoms with van der Waals surface area (Å²) in [5, 5.41) is 17.7. The first-order chi connectivity index (χ1) is 6.19. The number of hydrogen-bond donors (Lipinski definition) is 2. The lowest BCUT2D eigenvalue weighted by atomic mass is 10.1. The molecule has 3 nitrogen and oxygen atoms in total. The fraction of sp³-hybridized carbons (Fsp3) is 0.222. The Kier molecular flexibility index (Phi) is 2.96. The molecule has 1 atom stereocenters. The van der Waals surface area contributed by atoms with Gasteiger partial charge >= 0.3 is 0 Å². The quantitative estimate of drug-likeness (QED) is 0.703. The zero-order chi connectivity index (χ0) is 9.84. The molecule has 0 aliphatic carbocycles. The molecule has 0 fully saturated rings. The van der Waals surface area contributed by atoms with E-state index in [1.807, 2.05) is 0 Å². The largest absolute Gasteiger partial charge is 0.387 e. The van der Waals surface area contributed by atoms with Gasteiger partial charge in [-0.1, -0.05) is 6.07 Å². The highest BCUT2D eigenvalue weighted by Gasteiger charge is 2.10. The normalized spacial score (nSPS) is 12.2. The van der Waals surface area contributed by atoms with Crippen molar-refractivity contribution in [2.75, 3.05) is 6.54 Å². The molecule has 4 heteroatoms. The fourth-order valence-corrected chi connectivity index (χ4v) is 0.994. The van der Waals surface area contributed by atoms with Crippen molar-refractivity contribution >= 4 is 0 Å². The minimum Gasteiger partial charge on any atom is -0.387 e. The molecule has 0 radical (unpaired) electrons. The molecule has 13 heavy (non-hydrogen) atoms. The zero-order valence-electron chi connectivity index (χ0n) is 6.87. The van der Waals surface area contributed by atoms with Crippen LogP contribution in [0.15, 0.2) is 18.2 Å². The zero-order valence-corrected chi connectivity index (χ0v) is 6.87. The predicted octanol–water partition coefficient (Wildman–Crippen LogP) is 0.689. The molecule has 3 N–H and O–H groups in total. The number of hydrogen-bond acceptors (Lipinski definition) is 3. The number of benzene rings is 1. The van der Waals surface area contributed by atoms with Crippen molar-refractivity contribution in [2.45, 2.75) is 6.10 Å². The van der Waals surface area contributed by atoms with Gasteiger partial charge in [-0.25, -0.2) is 4.39 Å². The first-order valence-electron chi connectivity index (χ1n) is 3.76. The van der Waals surface area contributed by atoms with Gasteiger partial charge in [0.05, 0.1) is 17.7 Å². The third-order valence-corrected chi connectivity index (χ3v) is 1.71. The van der Waals surface area contributed by atoms with Crippen LogP contribution in [0, 0.1) is 17.1 Å². The molecular weight excluding hydrogens is 171 g/mol. The molecule has 0 spiro atoms. The molecule has 0 amide bonds. The van der Waals surface area contributed by atoms with Crippen molar-refractivity contribution in [1.29, 1.82) is 5.26 Å². The maximum absolute atomic E-state index is 13.1. The first-order valence-corrected chi connectivity index (χ1v) is 3.76. The van der Waals surface area contributed by atoms with E-state index in [1.165, 1.54) is 12.1 Å². The molecule has 0 aliphatic rings. The number of nitrogens with two attached hydrogens (primary N) is 1. The summed E-state index contributed by atoms with van der Waals surface area (Å²) >= 11 is 0. The van der Waals surface area contributed by atoms with Gasteiger partial charge in [-0.3, -0.25) is 0 Å². The summed E-state index contributed by atoms with van der Waals surface area (Å²) in [5.41, 5.74) is 5.52. The van der Waals surface area contributed by atoms with Crippen molar-refractivity contribution in [1.82, 2.24) is 0 Å². The number of aliphatic hydroxyl groups is 1. The molecular formula is C9H9FN2O. The highest BCUT2D eigenvalue weighted by Crippen LogP contribution is 2.16. The maximum Gasteiger partial charge on any atom is 0.130 e. The van der Waals surface area contributed by atoms with Crippen LogP contribution < -0.4 is 5.73 Å². The molecule has 0 bridgehead atoms. The van der Waals surface area contributed by atoms with Crippen LogP contribution in [-0.2, 0) is 0 Å². The van der Waals surface area contributed by atoms with Crippen LogP contribution in [0.3, 0.4) is 0 Å². The van der Waals surface area contributed by atoms with Gasteiger partial charge in [0.2, 0.25) is 0 Å². The first kappa shape index (κ1) is 9.65. The fourth-order valence-electron chi connectivity index (χ4n) is 0.994. The average Bonchev–Trinajstić information content (AvgIpc) is 2.16. The second-order valence-electron chi connectivity index (χ2n) is 2.60. The van der Waals surface area contributed by atoms with Crippen molar-refractivity contribution in [3.63, 3.8) is 0 Å². The van der Waals surface area contributed by atoms with E-state index < -0.39 is 11.9 Å². The third-order valence-electron chi connectivity index (χ3n) is 1.71. The highest BCUT2D eigenvalue weighted by molar-refractivity contribution is 5.33. The van der Waals surface area contributed by atoms with E-state index in [4.69, 9.17) is 11.0 Å². The van der Waals surface area contributed by atoms with Crippen LogP contribution in [0.4, 0.5) is 4.39 Å². The topological polar surface area (TPSA) is 70.0 Å². The van der Waals surface area contributed by atoms with Crippen LogP contribution in [0.5, 0.6) is 0 Å². The maximum atomic E-state index is 13.1. The van der Waals surface area contributed by atoms with Gasteiger partial charge in [-0.2, -0.15) is 5.26 Å². The Balaban J connectivity index is 3.07. The smallest absolute Gasteiger partial charge is 0.130 e. The Morgan fingerprint density at radius 2 is 2.31 bits per heavy atom. The van der Waals surface area contributed by atoms with Gasteiger partial charge in [-0.05, 0) is 12.1 Å². The van der Waals surface area contributed by atoms with E-state index >= 15 is 0 Å². The van der Waals surface area contributed by atoms with E-state index in [-0.39, 0.29) is 17.7 Å². The summed E-state index contributed by atoms with van der Waals surface area (Å²) in [5.74, 6) is -0.600. The average molecular weight is 180 g/mol. The van der Waals surface area contributed by atoms with Gasteiger partial charge in [0.25, 0.3) is 0 Å². The Morgan fingerprint density at radius 3 is 2.77 bits per heavy atom. The van der Waals surface area contributed by atoms with Crippen molar-refractivity contribution in [2.24, 2.45) is 5.73 Å². The third kappa shape index (κ3) is 2.02. The van der Waals surface area contributed by atoms with Gasteiger partial charge in [-0.15, -0.1) is 0 Å². The van der Waals surface area contributed by atoms with Gasteiger partial charge in [0, 0.05) is 12.1 Å². The second kappa shape index (κ2) is 3.99. The van der Waals surface area contributed by atoms with Crippen LogP contribution in [0.2, 0.25) is 0 Å². The summed E-state index contributed by atoms with van der Waals surface area (Å²) in [6.07, 6.45) is -1.01. The summed E-state index contributed by atoms with van der Waals surface area (Å²) in [7, 11) is 0. The molecule has 1 unspecified atom stereocenters. The Morgan fingerprint density at radius 1 is 1.62 bits per heavy atom. The molecule has 0 saturated carbocycles. The van der Waals surface area contributed by atoms with Crippen molar-refractivity contribution in [3.8, 4) is 6.07 Å². The summed E-state index contributed by atoms with van der Waals surface area (Å²) in [4.78, 5) is 0. The standard InChI is InChI=1S/C9H9FN2O/c10-8-3-6(4-11)1-2-7(8)9(13)5-12/h1-3,9,13H,5,12H2. The number of nitrogens with zero attached hydrogens (tertiary/aromatic N) is 1. The minimum absolute atomic E-state index is 0.0389. The van der Waals surface area contributed by atoms with Crippen LogP contribution >= 0.6 is 0 Å². The van der Waals surface area contributed by atoms with Crippen molar-refractivity contribution < 1.29 is 9.50 Å². The molecule has 68 valence electrons. The molecule has 0 saturated heterocycles. The monoisotopic (exact) mass is 180 g/mol. The number of aliphatic hydroxyl groups excluding tert-OH is 1. The van der Waals surface area contributed by atoms with Crippen molar-refractivity contribution in [3.05, 3.63) is 35.1 Å². The lowest BCUT2D eigenvalue weighted by Crippen LogP contribution is -2.13. The SMILES string of the molecule is N#Cc1ccc(C(O)CN)c(F)c1. The van der Waals surface area contributed by atoms with E-state index in [1.54, 1.807) is 6.07 Å². The van der Waals surface area contributed by atoms with Crippen LogP contribution in [0.1, 0.15) is 17.2 Å². The molecule has 1 rings (SSSR count). The molecule has 0 aromatic heterocycles. The molecule has 0 aliphatic heterocycles. The van der Waals surface area contributed by atoms with E-state index in [0.29, 0.717) is 0 Å². The van der Waals surface area contributed by atoms with Crippen LogP contribution in [-0.4, -0.2) is 11.7 Å². The van der Waals surface area contributed by atoms with Gasteiger partial charge in [0.15, 0.2) is 0 Å². The molecule has 0 heterocycles. The lowest BCUT2D eigenvalue weighted by molar-refractivity contribution is 0.182. The van der Waals surface area contributed by atoms with E-state index in [0.717, 1.165) is 6.07 Å². The summed E-state index contributed by atoms with van der Waals surface area (Å²) in [6.45, 7) is -0.0389. The molecule has 1 aromatic carbocycles. The Hall–Kier alpha value is -1.44. The summed E-state index contributed by atoms with van der Waals surface area (Å²) in [6, 6.07) is 5.68. The molecule has 1 aromatic rings. The van der Waals surface area contributed by atoms with E-state index in [9.17, 15) is 9.50 Å². The summed E-state index contributed by atoms with van der Waals surface area (Å²) < 4.78 is 13.1. The number of rotatable bonds is 2. The number of nitriles is 1. The lowest BCUT2D eigenvalue weighted by Gasteiger charge is -2.08. The minimum atomic E-state index is -1.01. The Labute approximate surface area is 75.2 Å². The van der Waals surface area contributed by atoms with Crippen LogP contribution in [0.25, 0.3) is 0 Å².